The monoisotopic (exact) mass is 368 g/mol. The van der Waals surface area contributed by atoms with Gasteiger partial charge >= 0.3 is 5.97 Å². The molecule has 6 nitrogen and oxygen atoms in total. The van der Waals surface area contributed by atoms with Gasteiger partial charge in [-0.15, -0.1) is 0 Å². The molecule has 0 N–H and O–H groups in total. The van der Waals surface area contributed by atoms with Gasteiger partial charge in [0, 0.05) is 6.07 Å². The Morgan fingerprint density at radius 3 is 2.52 bits per heavy atom. The van der Waals surface area contributed by atoms with Crippen LogP contribution in [0.25, 0.3) is 6.08 Å². The molecule has 1 aliphatic heterocycles. The quantitative estimate of drug-likeness (QED) is 0.573. The topological polar surface area (TPSA) is 71.1 Å². The molecule has 0 bridgehead atoms. The Morgan fingerprint density at radius 1 is 1.15 bits per heavy atom. The number of esters is 1. The summed E-state index contributed by atoms with van der Waals surface area (Å²) < 4.78 is 21.3. The van der Waals surface area contributed by atoms with Gasteiger partial charge in [0.25, 0.3) is 0 Å². The highest BCUT2D eigenvalue weighted by Crippen LogP contribution is 2.35. The number of methoxy groups -OCH3 is 1. The summed E-state index contributed by atoms with van der Waals surface area (Å²) in [5.41, 5.74) is 1.27. The minimum absolute atomic E-state index is 0.203. The molecule has 0 saturated heterocycles. The molecule has 6 heteroatoms. The molecular formula is C21H20O6. The Morgan fingerprint density at radius 2 is 1.85 bits per heavy atom. The van der Waals surface area contributed by atoms with Gasteiger partial charge in [-0.2, -0.15) is 0 Å². The van der Waals surface area contributed by atoms with Crippen LogP contribution in [0.5, 0.6) is 17.2 Å². The van der Waals surface area contributed by atoms with Crippen molar-refractivity contribution in [2.45, 2.75) is 20.0 Å². The van der Waals surface area contributed by atoms with Crippen LogP contribution in [-0.2, 0) is 9.53 Å². The van der Waals surface area contributed by atoms with Crippen molar-refractivity contribution in [3.05, 3.63) is 59.4 Å². The van der Waals surface area contributed by atoms with Crippen LogP contribution in [0.1, 0.15) is 29.8 Å². The first-order valence-electron chi connectivity index (χ1n) is 8.57. The van der Waals surface area contributed by atoms with Crippen molar-refractivity contribution >= 4 is 17.8 Å². The first kappa shape index (κ1) is 18.5. The molecule has 0 aromatic heterocycles. The maximum Gasteiger partial charge on any atom is 0.347 e. The highest BCUT2D eigenvalue weighted by Gasteiger charge is 2.28. The number of ketones is 1. The number of Topliss-reactive ketones (excluding diaryl/α,β-unsaturated/α-hetero) is 1. The minimum atomic E-state index is -0.755. The third-order valence-electron chi connectivity index (χ3n) is 3.99. The van der Waals surface area contributed by atoms with Crippen molar-refractivity contribution in [1.82, 2.24) is 0 Å². The second-order valence-electron chi connectivity index (χ2n) is 5.88. The van der Waals surface area contributed by atoms with Crippen molar-refractivity contribution in [1.29, 1.82) is 0 Å². The molecule has 0 spiro atoms. The molecule has 3 rings (SSSR count). The lowest BCUT2D eigenvalue weighted by Gasteiger charge is -2.13. The fourth-order valence-corrected chi connectivity index (χ4v) is 2.60. The van der Waals surface area contributed by atoms with Gasteiger partial charge in [0.05, 0.1) is 19.3 Å². The lowest BCUT2D eigenvalue weighted by Crippen LogP contribution is -2.26. The predicted molar refractivity (Wildman–Crippen MR) is 99.1 cm³/mol. The molecule has 0 fully saturated rings. The molecule has 1 heterocycles. The molecule has 1 aliphatic rings. The van der Waals surface area contributed by atoms with Crippen LogP contribution in [0, 0.1) is 0 Å². The largest absolute Gasteiger partial charge is 0.497 e. The fraction of sp³-hybridized carbons (Fsp3) is 0.238. The summed E-state index contributed by atoms with van der Waals surface area (Å²) in [5.74, 6) is 1.13. The maximum absolute atomic E-state index is 12.5. The van der Waals surface area contributed by atoms with E-state index in [9.17, 15) is 9.59 Å². The molecule has 2 aromatic carbocycles. The van der Waals surface area contributed by atoms with E-state index in [2.05, 4.69) is 0 Å². The summed E-state index contributed by atoms with van der Waals surface area (Å²) in [6.07, 6.45) is 0.915. The van der Waals surface area contributed by atoms with Gasteiger partial charge in [0.15, 0.2) is 11.9 Å². The van der Waals surface area contributed by atoms with Gasteiger partial charge in [-0.1, -0.05) is 12.1 Å². The molecule has 0 amide bonds. The van der Waals surface area contributed by atoms with Gasteiger partial charge in [-0.05, 0) is 49.8 Å². The maximum atomic E-state index is 12.5. The number of fused-ring (bicyclic) bond motifs is 1. The van der Waals surface area contributed by atoms with E-state index in [4.69, 9.17) is 18.9 Å². The SMILES string of the molecule is CCOC(=O)[C@H](C)Oc1ccc2c(c1)OC(=Cc1ccc(OC)cc1)C2=O. The minimum Gasteiger partial charge on any atom is -0.497 e. The van der Waals surface area contributed by atoms with E-state index in [1.165, 1.54) is 0 Å². The zero-order valence-corrected chi connectivity index (χ0v) is 15.4. The van der Waals surface area contributed by atoms with E-state index in [1.807, 2.05) is 24.3 Å². The molecule has 0 aliphatic carbocycles. The number of ether oxygens (including phenoxy) is 4. The van der Waals surface area contributed by atoms with Gasteiger partial charge < -0.3 is 18.9 Å². The second-order valence-corrected chi connectivity index (χ2v) is 5.88. The molecule has 0 saturated carbocycles. The van der Waals surface area contributed by atoms with Crippen molar-refractivity contribution in [3.63, 3.8) is 0 Å². The molecular weight excluding hydrogens is 348 g/mol. The predicted octanol–water partition coefficient (Wildman–Crippen LogP) is 3.64. The van der Waals surface area contributed by atoms with E-state index < -0.39 is 12.1 Å². The number of hydrogen-bond donors (Lipinski definition) is 0. The molecule has 27 heavy (non-hydrogen) atoms. The zero-order chi connectivity index (χ0) is 19.4. The Hall–Kier alpha value is -3.28. The standard InChI is InChI=1S/C21H20O6/c1-4-25-21(23)13(2)26-16-9-10-17-18(12-16)27-19(20(17)22)11-14-5-7-15(24-3)8-6-14/h5-13H,4H2,1-3H3/t13-/m0/s1. The van der Waals surface area contributed by atoms with Crippen LogP contribution in [-0.4, -0.2) is 31.6 Å². The van der Waals surface area contributed by atoms with Crippen LogP contribution >= 0.6 is 0 Å². The third-order valence-corrected chi connectivity index (χ3v) is 3.99. The van der Waals surface area contributed by atoms with Crippen LogP contribution in [0.4, 0.5) is 0 Å². The van der Waals surface area contributed by atoms with E-state index in [1.54, 1.807) is 45.2 Å². The summed E-state index contributed by atoms with van der Waals surface area (Å²) in [7, 11) is 1.59. The lowest BCUT2D eigenvalue weighted by molar-refractivity contribution is -0.150. The Labute approximate surface area is 157 Å². The number of rotatable bonds is 6. The lowest BCUT2D eigenvalue weighted by atomic mass is 10.1. The summed E-state index contributed by atoms with van der Waals surface area (Å²) in [6, 6.07) is 12.1. The Bertz CT molecular complexity index is 882. The van der Waals surface area contributed by atoms with Gasteiger partial charge in [-0.25, -0.2) is 4.79 Å². The van der Waals surface area contributed by atoms with Gasteiger partial charge in [0.2, 0.25) is 5.78 Å². The Balaban J connectivity index is 1.76. The first-order valence-corrected chi connectivity index (χ1v) is 8.57. The number of hydrogen-bond acceptors (Lipinski definition) is 6. The summed E-state index contributed by atoms with van der Waals surface area (Å²) >= 11 is 0. The molecule has 1 atom stereocenters. The van der Waals surface area contributed by atoms with E-state index in [-0.39, 0.29) is 18.1 Å². The Kier molecular flexibility index (Phi) is 5.45. The second kappa shape index (κ2) is 7.95. The summed E-state index contributed by atoms with van der Waals surface area (Å²) in [5, 5.41) is 0. The molecule has 140 valence electrons. The van der Waals surface area contributed by atoms with Gasteiger partial charge in [-0.3, -0.25) is 4.79 Å². The highest BCUT2D eigenvalue weighted by atomic mass is 16.6. The fourth-order valence-electron chi connectivity index (χ4n) is 2.60. The van der Waals surface area contributed by atoms with Crippen LogP contribution in [0.15, 0.2) is 48.2 Å². The summed E-state index contributed by atoms with van der Waals surface area (Å²) in [4.78, 5) is 24.2. The average Bonchev–Trinajstić information content (AvgIpc) is 2.97. The van der Waals surface area contributed by atoms with Crippen molar-refractivity contribution in [2.75, 3.05) is 13.7 Å². The average molecular weight is 368 g/mol. The summed E-state index contributed by atoms with van der Waals surface area (Å²) in [6.45, 7) is 3.62. The molecule has 2 aromatic rings. The third kappa shape index (κ3) is 4.11. The van der Waals surface area contributed by atoms with Crippen LogP contribution in [0.3, 0.4) is 0 Å². The molecule has 0 unspecified atom stereocenters. The number of benzene rings is 2. The molecule has 0 radical (unpaired) electrons. The van der Waals surface area contributed by atoms with E-state index in [0.717, 1.165) is 11.3 Å². The van der Waals surface area contributed by atoms with Crippen LogP contribution < -0.4 is 14.2 Å². The zero-order valence-electron chi connectivity index (χ0n) is 15.4. The van der Waals surface area contributed by atoms with Crippen molar-refractivity contribution in [2.24, 2.45) is 0 Å². The van der Waals surface area contributed by atoms with E-state index >= 15 is 0 Å². The highest BCUT2D eigenvalue weighted by molar-refractivity contribution is 6.14. The normalized spacial score (nSPS) is 15.1. The number of carbonyl (C=O) groups excluding carboxylic acids is 2. The van der Waals surface area contributed by atoms with E-state index in [0.29, 0.717) is 17.1 Å². The number of carbonyl (C=O) groups is 2. The van der Waals surface area contributed by atoms with Crippen molar-refractivity contribution in [3.8, 4) is 17.2 Å². The smallest absolute Gasteiger partial charge is 0.347 e. The van der Waals surface area contributed by atoms with Gasteiger partial charge in [0.1, 0.15) is 17.2 Å². The van der Waals surface area contributed by atoms with Crippen molar-refractivity contribution < 1.29 is 28.5 Å². The van der Waals surface area contributed by atoms with Crippen LogP contribution in [0.2, 0.25) is 0 Å². The first-order chi connectivity index (χ1) is 13.0. The number of allylic oxidation sites excluding steroid dienone is 1.